The van der Waals surface area contributed by atoms with Gasteiger partial charge in [0.2, 0.25) is 11.0 Å². The molecule has 1 heterocycles. The maximum Gasteiger partial charge on any atom is 0.354 e. The fourth-order valence-corrected chi connectivity index (χ4v) is 3.71. The van der Waals surface area contributed by atoms with E-state index in [9.17, 15) is 28.8 Å². The largest absolute Gasteiger partial charge is 0.466 e. The lowest BCUT2D eigenvalue weighted by molar-refractivity contribution is -0.225. The fourth-order valence-electron chi connectivity index (χ4n) is 3.38. The summed E-state index contributed by atoms with van der Waals surface area (Å²) in [6, 6.07) is -1.24. The molecule has 0 saturated carbocycles. The van der Waals surface area contributed by atoms with Crippen LogP contribution in [0.4, 0.5) is 0 Å². The molecule has 1 aliphatic rings. The van der Waals surface area contributed by atoms with Crippen LogP contribution in [-0.4, -0.2) is 85.0 Å². The molecule has 0 bridgehead atoms. The summed E-state index contributed by atoms with van der Waals surface area (Å²) in [7, 11) is 1.04. The van der Waals surface area contributed by atoms with Crippen molar-refractivity contribution >= 4 is 47.4 Å². The zero-order valence-corrected chi connectivity index (χ0v) is 20.3. The number of ether oxygens (including phenoxy) is 6. The second-order valence-electron chi connectivity index (χ2n) is 7.41. The highest BCUT2D eigenvalue weighted by Crippen LogP contribution is 2.38. The van der Waals surface area contributed by atoms with Gasteiger partial charge in [-0.25, -0.2) is 4.79 Å². The Morgan fingerprint density at radius 2 is 1.56 bits per heavy atom. The van der Waals surface area contributed by atoms with Crippen molar-refractivity contribution in [3.05, 3.63) is 0 Å². The molecule has 0 spiro atoms. The number of esters is 5. The zero-order valence-electron chi connectivity index (χ0n) is 19.6. The minimum absolute atomic E-state index is 0.447. The lowest BCUT2D eigenvalue weighted by atomic mass is 9.89. The summed E-state index contributed by atoms with van der Waals surface area (Å²) >= 11 is 6.38. The number of methoxy groups -OCH3 is 1. The van der Waals surface area contributed by atoms with Gasteiger partial charge >= 0.3 is 29.8 Å². The molecule has 0 radical (unpaired) electrons. The smallest absolute Gasteiger partial charge is 0.354 e. The quantitative estimate of drug-likeness (QED) is 0.246. The predicted octanol–water partition coefficient (Wildman–Crippen LogP) is -0.254. The molecular formula is C20H28ClNO12. The molecule has 1 saturated heterocycles. The molecule has 1 N–H and O–H groups in total. The third-order valence-electron chi connectivity index (χ3n) is 4.48. The average Bonchev–Trinajstić information content (AvgIpc) is 2.69. The lowest BCUT2D eigenvalue weighted by Gasteiger charge is -2.46. The van der Waals surface area contributed by atoms with Crippen LogP contribution in [0, 0.1) is 0 Å². The maximum atomic E-state index is 12.4. The normalized spacial score (nSPS) is 25.7. The third-order valence-corrected chi connectivity index (χ3v) is 4.88. The molecule has 0 aromatic carbocycles. The van der Waals surface area contributed by atoms with Crippen molar-refractivity contribution in [1.29, 1.82) is 0 Å². The number of hydrogen-bond acceptors (Lipinski definition) is 12. The SMILES string of the molecule is COC(=O)[C@]1(Cl)C[C@H](OC(C)=O)[C@@H](NC(C)=O)[C@H]([C@H](OC(C)=O)[C@@H](COC(C)=O)OC(C)=O)O1. The lowest BCUT2D eigenvalue weighted by Crippen LogP contribution is -2.67. The second-order valence-corrected chi connectivity index (χ2v) is 8.02. The number of carbonyl (C=O) groups is 6. The summed E-state index contributed by atoms with van der Waals surface area (Å²) in [4.78, 5) is 71.2. The Morgan fingerprint density at radius 3 is 2.00 bits per heavy atom. The predicted molar refractivity (Wildman–Crippen MR) is 111 cm³/mol. The van der Waals surface area contributed by atoms with Gasteiger partial charge in [-0.3, -0.25) is 24.0 Å². The van der Waals surface area contributed by atoms with Gasteiger partial charge in [-0.05, 0) is 0 Å². The Balaban J connectivity index is 3.64. The highest BCUT2D eigenvalue weighted by molar-refractivity contribution is 6.32. The summed E-state index contributed by atoms with van der Waals surface area (Å²) in [5.41, 5.74) is 0. The summed E-state index contributed by atoms with van der Waals surface area (Å²) < 4.78 is 31.2. The minimum atomic E-state index is -2.24. The van der Waals surface area contributed by atoms with Gasteiger partial charge in [0.25, 0.3) is 0 Å². The van der Waals surface area contributed by atoms with Crippen molar-refractivity contribution in [1.82, 2.24) is 5.32 Å². The Hall–Kier alpha value is -2.93. The first-order valence-electron chi connectivity index (χ1n) is 10.1. The second kappa shape index (κ2) is 12.5. The van der Waals surface area contributed by atoms with Crippen LogP contribution < -0.4 is 5.32 Å². The summed E-state index contributed by atoms with van der Waals surface area (Å²) in [5.74, 6) is -4.87. The number of rotatable bonds is 9. The van der Waals surface area contributed by atoms with E-state index < -0.39 is 84.3 Å². The van der Waals surface area contributed by atoms with Crippen molar-refractivity contribution in [2.45, 2.75) is 76.6 Å². The number of hydrogen-bond donors (Lipinski definition) is 1. The van der Waals surface area contributed by atoms with E-state index in [0.717, 1.165) is 41.7 Å². The van der Waals surface area contributed by atoms with Gasteiger partial charge in [-0.2, -0.15) is 0 Å². The zero-order chi connectivity index (χ0) is 26.2. The van der Waals surface area contributed by atoms with E-state index in [4.69, 9.17) is 35.3 Å². The van der Waals surface area contributed by atoms with Crippen molar-refractivity contribution in [2.24, 2.45) is 0 Å². The van der Waals surface area contributed by atoms with E-state index in [0.29, 0.717) is 0 Å². The van der Waals surface area contributed by atoms with Crippen LogP contribution >= 0.6 is 11.6 Å². The van der Waals surface area contributed by atoms with Crippen LogP contribution in [0.5, 0.6) is 0 Å². The molecule has 13 nitrogen and oxygen atoms in total. The van der Waals surface area contributed by atoms with Crippen molar-refractivity contribution < 1.29 is 57.2 Å². The van der Waals surface area contributed by atoms with Crippen LogP contribution in [0.1, 0.15) is 41.0 Å². The first-order chi connectivity index (χ1) is 15.7. The minimum Gasteiger partial charge on any atom is -0.466 e. The third kappa shape index (κ3) is 8.45. The van der Waals surface area contributed by atoms with E-state index in [-0.39, 0.29) is 0 Å². The fraction of sp³-hybridized carbons (Fsp3) is 0.700. The molecule has 0 unspecified atom stereocenters. The monoisotopic (exact) mass is 509 g/mol. The summed E-state index contributed by atoms with van der Waals surface area (Å²) in [6.07, 6.45) is -6.29. The highest BCUT2D eigenvalue weighted by Gasteiger charge is 2.57. The van der Waals surface area contributed by atoms with E-state index >= 15 is 0 Å². The Labute approximate surface area is 200 Å². The number of amides is 1. The summed E-state index contributed by atoms with van der Waals surface area (Å²) in [6.45, 7) is 4.87. The number of alkyl halides is 1. The van der Waals surface area contributed by atoms with Crippen LogP contribution in [0.25, 0.3) is 0 Å². The molecule has 14 heteroatoms. The Morgan fingerprint density at radius 1 is 0.971 bits per heavy atom. The van der Waals surface area contributed by atoms with Gasteiger partial charge in [0, 0.05) is 41.0 Å². The van der Waals surface area contributed by atoms with Crippen LogP contribution in [0.2, 0.25) is 0 Å². The Bertz CT molecular complexity index is 817. The van der Waals surface area contributed by atoms with Gasteiger partial charge < -0.3 is 33.7 Å². The van der Waals surface area contributed by atoms with E-state index in [1.54, 1.807) is 0 Å². The van der Waals surface area contributed by atoms with Gasteiger partial charge in [0.1, 0.15) is 18.8 Å². The first-order valence-corrected chi connectivity index (χ1v) is 10.4. The molecule has 1 aliphatic heterocycles. The molecular weight excluding hydrogens is 482 g/mol. The number of halogens is 1. The van der Waals surface area contributed by atoms with Crippen LogP contribution in [0.15, 0.2) is 0 Å². The molecule has 192 valence electrons. The molecule has 0 aromatic heterocycles. The van der Waals surface area contributed by atoms with Gasteiger partial charge in [0.05, 0.1) is 13.2 Å². The molecule has 1 rings (SSSR count). The number of carbonyl (C=O) groups excluding carboxylic acids is 6. The van der Waals surface area contributed by atoms with Gasteiger partial charge in [-0.1, -0.05) is 11.6 Å². The molecule has 1 amide bonds. The highest BCUT2D eigenvalue weighted by atomic mass is 35.5. The molecule has 6 atom stereocenters. The average molecular weight is 510 g/mol. The van der Waals surface area contributed by atoms with E-state index in [2.05, 4.69) is 10.1 Å². The van der Waals surface area contributed by atoms with Gasteiger partial charge in [-0.15, -0.1) is 0 Å². The van der Waals surface area contributed by atoms with E-state index in [1.165, 1.54) is 0 Å². The maximum absolute atomic E-state index is 12.4. The molecule has 1 fully saturated rings. The van der Waals surface area contributed by atoms with Crippen molar-refractivity contribution in [2.75, 3.05) is 13.7 Å². The van der Waals surface area contributed by atoms with E-state index in [1.807, 2.05) is 0 Å². The molecule has 0 aliphatic carbocycles. The van der Waals surface area contributed by atoms with Crippen molar-refractivity contribution in [3.8, 4) is 0 Å². The Kier molecular flexibility index (Phi) is 10.7. The van der Waals surface area contributed by atoms with Crippen LogP contribution in [-0.2, 0) is 57.2 Å². The standard InChI is InChI=1S/C20H28ClNO12/c1-9(23)22-16-14(31-11(3)25)7-20(21,19(28)29-6)34-18(16)17(33-13(5)27)15(32-12(4)26)8-30-10(2)24/h14-18H,7-8H2,1-6H3,(H,22,23)/t14-,15+,16+,17+,18+,20-/m0/s1. The first kappa shape index (κ1) is 29.1. The van der Waals surface area contributed by atoms with Crippen molar-refractivity contribution in [3.63, 3.8) is 0 Å². The van der Waals surface area contributed by atoms with Gasteiger partial charge in [0.15, 0.2) is 12.2 Å². The topological polar surface area (TPSA) is 170 Å². The summed E-state index contributed by atoms with van der Waals surface area (Å²) in [5, 5.41) is 0.276. The molecule has 34 heavy (non-hydrogen) atoms. The molecule has 0 aromatic rings. The van der Waals surface area contributed by atoms with Crippen LogP contribution in [0.3, 0.4) is 0 Å². The number of nitrogens with one attached hydrogen (secondary N) is 1.